The summed E-state index contributed by atoms with van der Waals surface area (Å²) in [6.07, 6.45) is 5.94. The van der Waals surface area contributed by atoms with E-state index in [2.05, 4.69) is 29.4 Å². The zero-order valence-corrected chi connectivity index (χ0v) is 12.8. The van der Waals surface area contributed by atoms with Gasteiger partial charge in [0.2, 0.25) is 0 Å². The van der Waals surface area contributed by atoms with Gasteiger partial charge in [0.1, 0.15) is 0 Å². The summed E-state index contributed by atoms with van der Waals surface area (Å²) < 4.78 is 6.03. The molecule has 1 saturated heterocycles. The lowest BCUT2D eigenvalue weighted by Crippen LogP contribution is -2.43. The molecule has 1 aliphatic rings. The second-order valence-corrected chi connectivity index (χ2v) is 5.97. The van der Waals surface area contributed by atoms with Gasteiger partial charge in [-0.2, -0.15) is 5.10 Å². The Balaban J connectivity index is 1.79. The summed E-state index contributed by atoms with van der Waals surface area (Å²) in [5, 5.41) is 11.7. The molecule has 5 nitrogen and oxygen atoms in total. The number of fused-ring (bicyclic) bond motifs is 1. The molecule has 0 amide bonds. The van der Waals surface area contributed by atoms with E-state index in [1.165, 1.54) is 0 Å². The van der Waals surface area contributed by atoms with E-state index in [0.29, 0.717) is 6.04 Å². The van der Waals surface area contributed by atoms with Crippen LogP contribution in [0, 0.1) is 0 Å². The van der Waals surface area contributed by atoms with Crippen molar-refractivity contribution in [2.24, 2.45) is 0 Å². The summed E-state index contributed by atoms with van der Waals surface area (Å²) in [5.74, 6) is 0. The van der Waals surface area contributed by atoms with Gasteiger partial charge in [-0.1, -0.05) is 13.8 Å². The van der Waals surface area contributed by atoms with E-state index < -0.39 is 0 Å². The average Bonchev–Trinajstić information content (AvgIpc) is 2.95. The van der Waals surface area contributed by atoms with Gasteiger partial charge in [0, 0.05) is 18.0 Å². The van der Waals surface area contributed by atoms with Crippen molar-refractivity contribution in [2.75, 3.05) is 17.7 Å². The van der Waals surface area contributed by atoms with Gasteiger partial charge in [0.05, 0.1) is 28.7 Å². The number of aromatic amines is 1. The number of nitrogens with zero attached hydrogens (tertiary/aromatic N) is 1. The van der Waals surface area contributed by atoms with Crippen LogP contribution in [0.4, 0.5) is 11.4 Å². The molecule has 1 atom stereocenters. The highest BCUT2D eigenvalue weighted by atomic mass is 16.5. The highest BCUT2D eigenvalue weighted by Crippen LogP contribution is 2.34. The molecule has 4 N–H and O–H groups in total. The van der Waals surface area contributed by atoms with Gasteiger partial charge in [-0.05, 0) is 37.8 Å². The van der Waals surface area contributed by atoms with Crippen LogP contribution in [0.3, 0.4) is 0 Å². The first-order valence-electron chi connectivity index (χ1n) is 7.79. The van der Waals surface area contributed by atoms with Gasteiger partial charge in [-0.15, -0.1) is 0 Å². The van der Waals surface area contributed by atoms with Crippen molar-refractivity contribution < 1.29 is 4.74 Å². The first-order valence-corrected chi connectivity index (χ1v) is 7.79. The molecule has 1 fully saturated rings. The molecule has 1 aromatic carbocycles. The Labute approximate surface area is 125 Å². The van der Waals surface area contributed by atoms with E-state index in [0.717, 1.165) is 54.6 Å². The van der Waals surface area contributed by atoms with Crippen molar-refractivity contribution in [3.8, 4) is 0 Å². The molecule has 1 aliphatic heterocycles. The Morgan fingerprint density at radius 1 is 1.43 bits per heavy atom. The number of nitrogens with two attached hydrogens (primary N) is 1. The van der Waals surface area contributed by atoms with Gasteiger partial charge in [0.15, 0.2) is 0 Å². The van der Waals surface area contributed by atoms with Crippen LogP contribution in [0.1, 0.15) is 39.5 Å². The largest absolute Gasteiger partial charge is 0.397 e. The van der Waals surface area contributed by atoms with Gasteiger partial charge in [-0.25, -0.2) is 0 Å². The molecule has 1 aromatic heterocycles. The standard InChI is InChI=1S/C16H24N4O/c1-3-16(4-2)9-12(5-6-21-16)19-15-8-14-11(7-13(15)17)10-18-20-14/h7-8,10,12,19H,3-6,9,17H2,1-2H3,(H,18,20). The van der Waals surface area contributed by atoms with Crippen molar-refractivity contribution in [3.63, 3.8) is 0 Å². The van der Waals surface area contributed by atoms with E-state index >= 15 is 0 Å². The molecular weight excluding hydrogens is 264 g/mol. The van der Waals surface area contributed by atoms with Crippen molar-refractivity contribution in [2.45, 2.75) is 51.2 Å². The molecule has 1 unspecified atom stereocenters. The first kappa shape index (κ1) is 14.2. The van der Waals surface area contributed by atoms with Crippen molar-refractivity contribution >= 4 is 22.3 Å². The topological polar surface area (TPSA) is 76.0 Å². The third-order valence-electron chi connectivity index (χ3n) is 4.75. The number of ether oxygens (including phenoxy) is 1. The highest BCUT2D eigenvalue weighted by Gasteiger charge is 2.34. The van der Waals surface area contributed by atoms with Crippen LogP contribution in [-0.2, 0) is 4.74 Å². The minimum atomic E-state index is 0.0166. The molecule has 0 spiro atoms. The Hall–Kier alpha value is -1.75. The molecule has 2 aromatic rings. The van der Waals surface area contributed by atoms with Crippen molar-refractivity contribution in [1.29, 1.82) is 0 Å². The minimum Gasteiger partial charge on any atom is -0.397 e. The normalized spacial score (nSPS) is 21.5. The predicted octanol–water partition coefficient (Wildman–Crippen LogP) is 3.29. The molecular formula is C16H24N4O. The van der Waals surface area contributed by atoms with E-state index in [1.54, 1.807) is 6.20 Å². The van der Waals surface area contributed by atoms with Crippen LogP contribution in [0.5, 0.6) is 0 Å². The fraction of sp³-hybridized carbons (Fsp3) is 0.562. The smallest absolute Gasteiger partial charge is 0.0696 e. The van der Waals surface area contributed by atoms with Gasteiger partial charge in [-0.3, -0.25) is 5.10 Å². The molecule has 5 heteroatoms. The van der Waals surface area contributed by atoms with Crippen molar-refractivity contribution in [3.05, 3.63) is 18.3 Å². The summed E-state index contributed by atoms with van der Waals surface area (Å²) in [7, 11) is 0. The number of hydrogen-bond donors (Lipinski definition) is 3. The summed E-state index contributed by atoms with van der Waals surface area (Å²) in [6, 6.07) is 4.42. The third-order valence-corrected chi connectivity index (χ3v) is 4.75. The molecule has 0 bridgehead atoms. The number of H-pyrrole nitrogens is 1. The summed E-state index contributed by atoms with van der Waals surface area (Å²) >= 11 is 0. The molecule has 0 saturated carbocycles. The fourth-order valence-electron chi connectivity index (χ4n) is 3.25. The van der Waals surface area contributed by atoms with Gasteiger partial charge >= 0.3 is 0 Å². The quantitative estimate of drug-likeness (QED) is 0.755. The zero-order valence-electron chi connectivity index (χ0n) is 12.8. The summed E-state index contributed by atoms with van der Waals surface area (Å²) in [5.41, 5.74) is 8.95. The SMILES string of the molecule is CCC1(CC)CC(Nc2cc3[nH]ncc3cc2N)CCO1. The maximum atomic E-state index is 6.16. The average molecular weight is 288 g/mol. The van der Waals surface area contributed by atoms with Crippen LogP contribution in [0.15, 0.2) is 18.3 Å². The minimum absolute atomic E-state index is 0.0166. The Bertz CT molecular complexity index is 618. The second kappa shape index (κ2) is 5.56. The number of nitrogen functional groups attached to an aromatic ring is 1. The number of rotatable bonds is 4. The van der Waals surface area contributed by atoms with Crippen LogP contribution < -0.4 is 11.1 Å². The lowest BCUT2D eigenvalue weighted by atomic mass is 9.86. The Morgan fingerprint density at radius 3 is 3.00 bits per heavy atom. The second-order valence-electron chi connectivity index (χ2n) is 5.97. The number of aromatic nitrogens is 2. The zero-order chi connectivity index (χ0) is 14.9. The Morgan fingerprint density at radius 2 is 2.24 bits per heavy atom. The fourth-order valence-corrected chi connectivity index (χ4v) is 3.25. The first-order chi connectivity index (χ1) is 10.2. The van der Waals surface area contributed by atoms with E-state index in [1.807, 2.05) is 12.1 Å². The van der Waals surface area contributed by atoms with Crippen molar-refractivity contribution in [1.82, 2.24) is 10.2 Å². The highest BCUT2D eigenvalue weighted by molar-refractivity contribution is 5.88. The summed E-state index contributed by atoms with van der Waals surface area (Å²) in [4.78, 5) is 0. The van der Waals surface area contributed by atoms with E-state index in [4.69, 9.17) is 10.5 Å². The van der Waals surface area contributed by atoms with Gasteiger partial charge < -0.3 is 15.8 Å². The number of nitrogens with one attached hydrogen (secondary N) is 2. The number of anilines is 2. The van der Waals surface area contributed by atoms with E-state index in [9.17, 15) is 0 Å². The summed E-state index contributed by atoms with van der Waals surface area (Å²) in [6.45, 7) is 5.22. The Kier molecular flexibility index (Phi) is 3.76. The molecule has 21 heavy (non-hydrogen) atoms. The predicted molar refractivity (Wildman–Crippen MR) is 86.4 cm³/mol. The van der Waals surface area contributed by atoms with E-state index in [-0.39, 0.29) is 5.60 Å². The lowest BCUT2D eigenvalue weighted by Gasteiger charge is -2.40. The van der Waals surface area contributed by atoms with Gasteiger partial charge in [0.25, 0.3) is 0 Å². The number of benzene rings is 1. The third kappa shape index (κ3) is 2.70. The van der Waals surface area contributed by atoms with Crippen LogP contribution >= 0.6 is 0 Å². The molecule has 0 radical (unpaired) electrons. The molecule has 3 rings (SSSR count). The van der Waals surface area contributed by atoms with Crippen LogP contribution in [0.25, 0.3) is 10.9 Å². The van der Waals surface area contributed by atoms with Crippen LogP contribution in [0.2, 0.25) is 0 Å². The van der Waals surface area contributed by atoms with Crippen LogP contribution in [-0.4, -0.2) is 28.4 Å². The number of hydrogen-bond acceptors (Lipinski definition) is 4. The molecule has 2 heterocycles. The maximum Gasteiger partial charge on any atom is 0.0696 e. The molecule has 0 aliphatic carbocycles. The monoisotopic (exact) mass is 288 g/mol. The lowest BCUT2D eigenvalue weighted by molar-refractivity contribution is -0.0864. The maximum absolute atomic E-state index is 6.16. The molecule has 114 valence electrons.